The van der Waals surface area contributed by atoms with Crippen LogP contribution in [0.5, 0.6) is 5.75 Å². The molecule has 0 aromatic heterocycles. The topological polar surface area (TPSA) is 61.7 Å². The molecule has 96 valence electrons. The summed E-state index contributed by atoms with van der Waals surface area (Å²) in [5, 5.41) is 13.8. The monoisotopic (exact) mass is 286 g/mol. The van der Waals surface area contributed by atoms with E-state index in [4.69, 9.17) is 23.2 Å². The lowest BCUT2D eigenvalue weighted by Gasteiger charge is -2.02. The largest absolute Gasteiger partial charge is 0.506 e. The van der Waals surface area contributed by atoms with Gasteiger partial charge in [0, 0.05) is 16.2 Å². The van der Waals surface area contributed by atoms with Crippen LogP contribution in [0.25, 0.3) is 0 Å². The molecule has 1 aromatic rings. The van der Waals surface area contributed by atoms with Gasteiger partial charge in [0.2, 0.25) is 0 Å². The predicted molar refractivity (Wildman–Crippen MR) is 73.3 cm³/mol. The van der Waals surface area contributed by atoms with Crippen LogP contribution < -0.4 is 5.43 Å². The molecule has 0 heterocycles. The van der Waals surface area contributed by atoms with Crippen molar-refractivity contribution < 1.29 is 9.90 Å². The van der Waals surface area contributed by atoms with Gasteiger partial charge in [-0.2, -0.15) is 5.10 Å². The molecule has 0 aliphatic carbocycles. The summed E-state index contributed by atoms with van der Waals surface area (Å²) in [5.74, 6) is -0.455. The van der Waals surface area contributed by atoms with E-state index in [-0.39, 0.29) is 16.7 Å². The molecule has 0 bridgehead atoms. The van der Waals surface area contributed by atoms with Gasteiger partial charge in [0.05, 0.1) is 11.2 Å². The van der Waals surface area contributed by atoms with E-state index in [0.29, 0.717) is 16.2 Å². The molecule has 0 aliphatic rings. The standard InChI is InChI=1S/C12H12Cl2N2O2/c1-3-7(2)12(18)16-15-6-8-4-9(13)5-10(14)11(8)17/h3-6,17H,1-2H3,(H,16,18)/b7-3+,15-6-. The molecule has 18 heavy (non-hydrogen) atoms. The van der Waals surface area contributed by atoms with Crippen molar-refractivity contribution in [2.24, 2.45) is 5.10 Å². The van der Waals surface area contributed by atoms with Gasteiger partial charge in [-0.05, 0) is 26.0 Å². The summed E-state index contributed by atoms with van der Waals surface area (Å²) in [7, 11) is 0. The molecule has 1 rings (SSSR count). The van der Waals surface area contributed by atoms with Gasteiger partial charge in [-0.15, -0.1) is 0 Å². The zero-order valence-electron chi connectivity index (χ0n) is 9.87. The first-order valence-corrected chi connectivity index (χ1v) is 5.85. The number of carbonyl (C=O) groups excluding carboxylic acids is 1. The number of aromatic hydroxyl groups is 1. The Labute approximate surface area is 115 Å². The van der Waals surface area contributed by atoms with Gasteiger partial charge in [0.1, 0.15) is 5.75 Å². The number of phenols is 1. The van der Waals surface area contributed by atoms with Gasteiger partial charge in [-0.3, -0.25) is 4.79 Å². The van der Waals surface area contributed by atoms with Crippen molar-refractivity contribution in [3.05, 3.63) is 39.4 Å². The van der Waals surface area contributed by atoms with E-state index in [1.54, 1.807) is 19.9 Å². The number of hydrogen-bond acceptors (Lipinski definition) is 3. The third-order valence-electron chi connectivity index (χ3n) is 2.22. The van der Waals surface area contributed by atoms with Crippen molar-refractivity contribution in [2.75, 3.05) is 0 Å². The number of hydrogen-bond donors (Lipinski definition) is 2. The van der Waals surface area contributed by atoms with Gasteiger partial charge in [0.25, 0.3) is 5.91 Å². The number of amides is 1. The van der Waals surface area contributed by atoms with E-state index >= 15 is 0 Å². The van der Waals surface area contributed by atoms with Crippen LogP contribution in [0.15, 0.2) is 28.9 Å². The molecule has 0 atom stereocenters. The maximum atomic E-state index is 11.4. The fourth-order valence-corrected chi connectivity index (χ4v) is 1.57. The van der Waals surface area contributed by atoms with Crippen molar-refractivity contribution in [2.45, 2.75) is 13.8 Å². The van der Waals surface area contributed by atoms with Crippen molar-refractivity contribution in [1.29, 1.82) is 0 Å². The van der Waals surface area contributed by atoms with Crippen LogP contribution in [-0.2, 0) is 4.79 Å². The Hall–Kier alpha value is -1.52. The minimum absolute atomic E-state index is 0.125. The van der Waals surface area contributed by atoms with Crippen LogP contribution in [0, 0.1) is 0 Å². The Morgan fingerprint density at radius 2 is 2.11 bits per heavy atom. The van der Waals surface area contributed by atoms with E-state index in [1.807, 2.05) is 0 Å². The lowest BCUT2D eigenvalue weighted by molar-refractivity contribution is -0.117. The molecule has 0 unspecified atom stereocenters. The number of allylic oxidation sites excluding steroid dienone is 1. The quantitative estimate of drug-likeness (QED) is 0.509. The zero-order valence-corrected chi connectivity index (χ0v) is 11.4. The van der Waals surface area contributed by atoms with E-state index in [9.17, 15) is 9.90 Å². The first-order valence-electron chi connectivity index (χ1n) is 5.10. The summed E-state index contributed by atoms with van der Waals surface area (Å²) in [6, 6.07) is 2.90. The van der Waals surface area contributed by atoms with Crippen molar-refractivity contribution in [3.63, 3.8) is 0 Å². The fourth-order valence-electron chi connectivity index (χ4n) is 1.06. The summed E-state index contributed by atoms with van der Waals surface area (Å²) in [6.07, 6.45) is 2.94. The molecule has 1 aromatic carbocycles. The molecule has 4 nitrogen and oxygen atoms in total. The number of rotatable bonds is 3. The molecule has 2 N–H and O–H groups in total. The van der Waals surface area contributed by atoms with Crippen LogP contribution in [0.1, 0.15) is 19.4 Å². The van der Waals surface area contributed by atoms with Crippen molar-refractivity contribution in [3.8, 4) is 5.75 Å². The normalized spacial score (nSPS) is 11.9. The summed E-state index contributed by atoms with van der Waals surface area (Å²) in [4.78, 5) is 11.4. The molecule has 0 spiro atoms. The molecule has 0 radical (unpaired) electrons. The number of hydrazone groups is 1. The Balaban J connectivity index is 2.83. The highest BCUT2D eigenvalue weighted by molar-refractivity contribution is 6.36. The number of carbonyl (C=O) groups is 1. The van der Waals surface area contributed by atoms with Crippen molar-refractivity contribution >= 4 is 35.3 Å². The molecule has 0 saturated heterocycles. The van der Waals surface area contributed by atoms with Crippen LogP contribution in [0.3, 0.4) is 0 Å². The number of halogens is 2. The van der Waals surface area contributed by atoms with E-state index in [0.717, 1.165) is 0 Å². The Bertz CT molecular complexity index is 525. The average molecular weight is 287 g/mol. The molecule has 6 heteroatoms. The van der Waals surface area contributed by atoms with Gasteiger partial charge < -0.3 is 5.11 Å². The molecular formula is C12H12Cl2N2O2. The van der Waals surface area contributed by atoms with E-state index in [1.165, 1.54) is 18.3 Å². The third kappa shape index (κ3) is 3.75. The molecule has 1 amide bonds. The van der Waals surface area contributed by atoms with Crippen LogP contribution >= 0.6 is 23.2 Å². The van der Waals surface area contributed by atoms with Crippen LogP contribution in [-0.4, -0.2) is 17.2 Å². The number of nitrogens with zero attached hydrogens (tertiary/aromatic N) is 1. The maximum absolute atomic E-state index is 11.4. The van der Waals surface area contributed by atoms with Crippen LogP contribution in [0.2, 0.25) is 10.0 Å². The van der Waals surface area contributed by atoms with Gasteiger partial charge >= 0.3 is 0 Å². The number of benzene rings is 1. The lowest BCUT2D eigenvalue weighted by atomic mass is 10.2. The van der Waals surface area contributed by atoms with Gasteiger partial charge in [-0.1, -0.05) is 29.3 Å². The predicted octanol–water partition coefficient (Wildman–Crippen LogP) is 3.12. The van der Waals surface area contributed by atoms with Crippen molar-refractivity contribution in [1.82, 2.24) is 5.43 Å². The molecular weight excluding hydrogens is 275 g/mol. The average Bonchev–Trinajstić information content (AvgIpc) is 2.33. The molecule has 0 fully saturated rings. The lowest BCUT2D eigenvalue weighted by Crippen LogP contribution is -2.18. The number of nitrogens with one attached hydrogen (secondary N) is 1. The van der Waals surface area contributed by atoms with Gasteiger partial charge in [0.15, 0.2) is 0 Å². The second kappa shape index (κ2) is 6.42. The SMILES string of the molecule is C/C=C(\C)C(=O)N/N=C\c1cc(Cl)cc(Cl)c1O. The van der Waals surface area contributed by atoms with E-state index < -0.39 is 0 Å². The minimum atomic E-state index is -0.318. The van der Waals surface area contributed by atoms with E-state index in [2.05, 4.69) is 10.5 Å². The summed E-state index contributed by atoms with van der Waals surface area (Å²) < 4.78 is 0. The first kappa shape index (κ1) is 14.5. The second-order valence-corrected chi connectivity index (χ2v) is 4.34. The maximum Gasteiger partial charge on any atom is 0.266 e. The second-order valence-electron chi connectivity index (χ2n) is 3.50. The number of phenolic OH excluding ortho intramolecular Hbond substituents is 1. The highest BCUT2D eigenvalue weighted by Gasteiger charge is 2.06. The Morgan fingerprint density at radius 1 is 1.44 bits per heavy atom. The summed E-state index contributed by atoms with van der Waals surface area (Å²) in [6.45, 7) is 3.42. The first-order chi connectivity index (χ1) is 8.45. The summed E-state index contributed by atoms with van der Waals surface area (Å²) in [5.41, 5.74) is 3.18. The zero-order chi connectivity index (χ0) is 13.7. The molecule has 0 saturated carbocycles. The van der Waals surface area contributed by atoms with Crippen LogP contribution in [0.4, 0.5) is 0 Å². The Morgan fingerprint density at radius 3 is 2.72 bits per heavy atom. The third-order valence-corrected chi connectivity index (χ3v) is 2.72. The fraction of sp³-hybridized carbons (Fsp3) is 0.167. The highest BCUT2D eigenvalue weighted by atomic mass is 35.5. The minimum Gasteiger partial charge on any atom is -0.506 e. The smallest absolute Gasteiger partial charge is 0.266 e. The van der Waals surface area contributed by atoms with Gasteiger partial charge in [-0.25, -0.2) is 5.43 Å². The highest BCUT2D eigenvalue weighted by Crippen LogP contribution is 2.29. The summed E-state index contributed by atoms with van der Waals surface area (Å²) >= 11 is 11.5. The Kier molecular flexibility index (Phi) is 5.19. The molecule has 0 aliphatic heterocycles.